The predicted octanol–water partition coefficient (Wildman–Crippen LogP) is 1.63. The van der Waals surface area contributed by atoms with Gasteiger partial charge in [0.15, 0.2) is 6.04 Å². The van der Waals surface area contributed by atoms with Crippen LogP contribution in [-0.2, 0) is 38.4 Å². The monoisotopic (exact) mass is 654 g/mol. The van der Waals surface area contributed by atoms with Crippen molar-refractivity contribution in [2.75, 3.05) is 0 Å². The summed E-state index contributed by atoms with van der Waals surface area (Å²) in [5, 5.41) is 38.7. The van der Waals surface area contributed by atoms with E-state index in [1.54, 1.807) is 24.5 Å². The van der Waals surface area contributed by atoms with Crippen molar-refractivity contribution in [1.29, 1.82) is 0 Å². The van der Waals surface area contributed by atoms with E-state index in [0.29, 0.717) is 5.56 Å². The standard InChI is InChI=1S/C35H38N6O7/c1-19(42)31(35(47)48)41-34(46)29(14-20-10-12-23(43)13-11-20)40-33(45)30(16-22-18-38-28-9-5-3-7-25(22)28)39-32(44)26(36)15-21-17-37-27-8-4-2-6-24(21)27/h2-13,17-19,26,29-31,37-38,42-43H,14-16,36H2,1H3,(H,39,44)(H,40,45)(H,41,46)(H,47,48)/t19-,26+,29+,30+,31+/m1/s1. The molecule has 5 atom stereocenters. The fourth-order valence-electron chi connectivity index (χ4n) is 5.63. The first-order chi connectivity index (χ1) is 23.0. The lowest BCUT2D eigenvalue weighted by molar-refractivity contribution is -0.145. The largest absolute Gasteiger partial charge is 0.508 e. The summed E-state index contributed by atoms with van der Waals surface area (Å²) < 4.78 is 0. The summed E-state index contributed by atoms with van der Waals surface area (Å²) >= 11 is 0. The van der Waals surface area contributed by atoms with Gasteiger partial charge in [-0.2, -0.15) is 0 Å². The maximum atomic E-state index is 14.0. The quantitative estimate of drug-likeness (QED) is 0.0854. The van der Waals surface area contributed by atoms with Crippen LogP contribution in [0.5, 0.6) is 5.75 Å². The number of phenols is 1. The number of fused-ring (bicyclic) bond motifs is 2. The number of aromatic hydroxyl groups is 1. The molecule has 3 aromatic carbocycles. The fourth-order valence-corrected chi connectivity index (χ4v) is 5.63. The number of aliphatic hydroxyl groups excluding tert-OH is 1. The van der Waals surface area contributed by atoms with Gasteiger partial charge in [-0.1, -0.05) is 48.5 Å². The van der Waals surface area contributed by atoms with E-state index < -0.39 is 54.0 Å². The highest BCUT2D eigenvalue weighted by atomic mass is 16.4. The van der Waals surface area contributed by atoms with E-state index in [0.717, 1.165) is 32.9 Å². The lowest BCUT2D eigenvalue weighted by Crippen LogP contribution is -2.59. The summed E-state index contributed by atoms with van der Waals surface area (Å²) in [5.74, 6) is -3.62. The number of hydrogen-bond donors (Lipinski definition) is 9. The minimum atomic E-state index is -1.64. The second-order valence-corrected chi connectivity index (χ2v) is 11.8. The van der Waals surface area contributed by atoms with Crippen LogP contribution >= 0.6 is 0 Å². The molecule has 48 heavy (non-hydrogen) atoms. The molecule has 250 valence electrons. The highest BCUT2D eigenvalue weighted by Gasteiger charge is 2.32. The van der Waals surface area contributed by atoms with Crippen molar-refractivity contribution in [2.24, 2.45) is 5.73 Å². The van der Waals surface area contributed by atoms with E-state index in [4.69, 9.17) is 5.73 Å². The normalized spacial score (nSPS) is 14.5. The Labute approximate surface area is 275 Å². The first-order valence-electron chi connectivity index (χ1n) is 15.5. The Morgan fingerprint density at radius 2 is 1.21 bits per heavy atom. The molecule has 0 bridgehead atoms. The molecule has 10 N–H and O–H groups in total. The van der Waals surface area contributed by atoms with Gasteiger partial charge in [-0.15, -0.1) is 0 Å². The maximum Gasteiger partial charge on any atom is 0.328 e. The average molecular weight is 655 g/mol. The van der Waals surface area contributed by atoms with E-state index in [2.05, 4.69) is 25.9 Å². The zero-order chi connectivity index (χ0) is 34.4. The fraction of sp³-hybridized carbons (Fsp3) is 0.257. The van der Waals surface area contributed by atoms with Crippen molar-refractivity contribution in [3.05, 3.63) is 102 Å². The lowest BCUT2D eigenvalue weighted by Gasteiger charge is -2.26. The number of carbonyl (C=O) groups is 4. The van der Waals surface area contributed by atoms with Crippen LogP contribution in [0.25, 0.3) is 21.8 Å². The van der Waals surface area contributed by atoms with Gasteiger partial charge in [0.2, 0.25) is 17.7 Å². The van der Waals surface area contributed by atoms with Gasteiger partial charge in [-0.05, 0) is 54.3 Å². The van der Waals surface area contributed by atoms with E-state index in [-0.39, 0.29) is 25.0 Å². The number of aromatic amines is 2. The van der Waals surface area contributed by atoms with Gasteiger partial charge in [-0.25, -0.2) is 4.79 Å². The van der Waals surface area contributed by atoms with Gasteiger partial charge in [0, 0.05) is 47.0 Å². The number of carbonyl (C=O) groups excluding carboxylic acids is 3. The van der Waals surface area contributed by atoms with Crippen molar-refractivity contribution in [3.8, 4) is 5.75 Å². The summed E-state index contributed by atoms with van der Waals surface area (Å²) in [6.07, 6.45) is 2.25. The van der Waals surface area contributed by atoms with Crippen LogP contribution in [0.3, 0.4) is 0 Å². The van der Waals surface area contributed by atoms with Crippen molar-refractivity contribution in [1.82, 2.24) is 25.9 Å². The number of hydrogen-bond acceptors (Lipinski definition) is 7. The Balaban J connectivity index is 1.40. The molecule has 13 heteroatoms. The average Bonchev–Trinajstić information content (AvgIpc) is 3.67. The third-order valence-corrected chi connectivity index (χ3v) is 8.24. The number of H-pyrrole nitrogens is 2. The number of aliphatic carboxylic acids is 1. The number of para-hydroxylation sites is 2. The third-order valence-electron chi connectivity index (χ3n) is 8.24. The van der Waals surface area contributed by atoms with Crippen LogP contribution in [0.2, 0.25) is 0 Å². The molecular weight excluding hydrogens is 616 g/mol. The molecule has 5 aromatic rings. The van der Waals surface area contributed by atoms with Crippen molar-refractivity contribution in [3.63, 3.8) is 0 Å². The SMILES string of the molecule is C[C@@H](O)[C@H](NC(=O)[C@H](Cc1ccc(O)cc1)NC(=O)[C@H](Cc1c[nH]c2ccccc12)NC(=O)[C@@H](N)Cc1c[nH]c2ccccc12)C(=O)O. The smallest absolute Gasteiger partial charge is 0.328 e. The Morgan fingerprint density at radius 3 is 1.77 bits per heavy atom. The van der Waals surface area contributed by atoms with Crippen molar-refractivity contribution in [2.45, 2.75) is 56.5 Å². The molecule has 0 radical (unpaired) electrons. The first-order valence-corrected chi connectivity index (χ1v) is 15.5. The molecule has 0 saturated carbocycles. The van der Waals surface area contributed by atoms with E-state index in [1.165, 1.54) is 19.1 Å². The van der Waals surface area contributed by atoms with Crippen LogP contribution in [0.4, 0.5) is 0 Å². The van der Waals surface area contributed by atoms with Crippen LogP contribution in [0, 0.1) is 0 Å². The zero-order valence-corrected chi connectivity index (χ0v) is 26.1. The molecule has 5 rings (SSSR count). The number of phenolic OH excluding ortho intramolecular Hbond substituents is 1. The summed E-state index contributed by atoms with van der Waals surface area (Å²) in [7, 11) is 0. The molecule has 0 aliphatic carbocycles. The molecule has 0 saturated heterocycles. The number of amides is 3. The number of nitrogens with one attached hydrogen (secondary N) is 5. The lowest BCUT2D eigenvalue weighted by atomic mass is 10.0. The van der Waals surface area contributed by atoms with Crippen LogP contribution < -0.4 is 21.7 Å². The predicted molar refractivity (Wildman–Crippen MR) is 179 cm³/mol. The van der Waals surface area contributed by atoms with E-state index >= 15 is 0 Å². The first kappa shape index (κ1) is 33.7. The summed E-state index contributed by atoms with van der Waals surface area (Å²) in [4.78, 5) is 59.0. The highest BCUT2D eigenvalue weighted by molar-refractivity contribution is 5.95. The molecule has 0 aliphatic heterocycles. The second-order valence-electron chi connectivity index (χ2n) is 11.8. The number of benzene rings is 3. The molecular formula is C35H38N6O7. The highest BCUT2D eigenvalue weighted by Crippen LogP contribution is 2.21. The van der Waals surface area contributed by atoms with Crippen LogP contribution in [0.15, 0.2) is 85.2 Å². The van der Waals surface area contributed by atoms with Gasteiger partial charge in [-0.3, -0.25) is 14.4 Å². The van der Waals surface area contributed by atoms with E-state index in [9.17, 15) is 34.5 Å². The number of aromatic nitrogens is 2. The minimum absolute atomic E-state index is 0.00526. The van der Waals surface area contributed by atoms with Crippen LogP contribution in [0.1, 0.15) is 23.6 Å². The Morgan fingerprint density at radius 1 is 0.708 bits per heavy atom. The number of rotatable bonds is 14. The topological polar surface area (TPSA) is 223 Å². The van der Waals surface area contributed by atoms with Gasteiger partial charge in [0.25, 0.3) is 0 Å². The number of carboxylic acids is 1. The number of nitrogens with two attached hydrogens (primary N) is 1. The molecule has 0 spiro atoms. The Kier molecular flexibility index (Phi) is 10.4. The second kappa shape index (κ2) is 14.8. The zero-order valence-electron chi connectivity index (χ0n) is 26.1. The molecule has 3 amide bonds. The van der Waals surface area contributed by atoms with Gasteiger partial charge >= 0.3 is 5.97 Å². The van der Waals surface area contributed by atoms with E-state index in [1.807, 2.05) is 48.5 Å². The Bertz CT molecular complexity index is 1920. The molecule has 13 nitrogen and oxygen atoms in total. The minimum Gasteiger partial charge on any atom is -0.508 e. The van der Waals surface area contributed by atoms with Gasteiger partial charge in [0.05, 0.1) is 12.1 Å². The summed E-state index contributed by atoms with van der Waals surface area (Å²) in [6.45, 7) is 1.22. The molecule has 0 unspecified atom stereocenters. The third kappa shape index (κ3) is 8.00. The van der Waals surface area contributed by atoms with Gasteiger partial charge in [0.1, 0.15) is 17.8 Å². The maximum absolute atomic E-state index is 14.0. The van der Waals surface area contributed by atoms with Gasteiger partial charge < -0.3 is 47.0 Å². The molecule has 0 aliphatic rings. The number of aliphatic hydroxyl groups is 1. The molecule has 2 heterocycles. The van der Waals surface area contributed by atoms with Crippen molar-refractivity contribution < 1.29 is 34.5 Å². The van der Waals surface area contributed by atoms with Crippen molar-refractivity contribution >= 4 is 45.5 Å². The Hall–Kier alpha value is -5.66. The van der Waals surface area contributed by atoms with Crippen LogP contribution in [-0.4, -0.2) is 79.2 Å². The number of carboxylic acid groups (broad SMARTS) is 1. The molecule has 0 fully saturated rings. The molecule has 2 aromatic heterocycles. The summed E-state index contributed by atoms with van der Waals surface area (Å²) in [6, 6.07) is 15.9. The summed E-state index contributed by atoms with van der Waals surface area (Å²) in [5.41, 5.74) is 10.2.